The van der Waals surface area contributed by atoms with E-state index >= 15 is 8.78 Å². The zero-order valence-corrected chi connectivity index (χ0v) is 26.2. The number of carbonyl (C=O) groups is 3. The number of hydrogen-bond acceptors (Lipinski definition) is 8. The van der Waals surface area contributed by atoms with Crippen LogP contribution in [-0.4, -0.2) is 70.1 Å². The van der Waals surface area contributed by atoms with Crippen LogP contribution in [0.5, 0.6) is 11.6 Å². The van der Waals surface area contributed by atoms with Gasteiger partial charge in [-0.2, -0.15) is 8.78 Å². The van der Waals surface area contributed by atoms with E-state index in [-0.39, 0.29) is 42.2 Å². The fraction of sp³-hybridized carbons (Fsp3) is 0.656. The highest BCUT2D eigenvalue weighted by atomic mass is 19.3. The Morgan fingerprint density at radius 1 is 1.14 bits per heavy atom. The number of Topliss-reactive ketones (excluding diaryl/α,β-unsaturated/α-hetero) is 1. The second-order valence-corrected chi connectivity index (χ2v) is 13.4. The largest absolute Gasteiger partial charge is 0.494 e. The number of hydrogen-bond donors (Lipinski definition) is 1. The third-order valence-corrected chi connectivity index (χ3v) is 8.83. The van der Waals surface area contributed by atoms with Crippen molar-refractivity contribution in [2.24, 2.45) is 17.3 Å². The number of benzene rings is 1. The number of amides is 2. The summed E-state index contributed by atoms with van der Waals surface area (Å²) < 4.78 is 49.2. The van der Waals surface area contributed by atoms with Crippen molar-refractivity contribution < 1.29 is 37.4 Å². The summed E-state index contributed by atoms with van der Waals surface area (Å²) >= 11 is 0. The zero-order chi connectivity index (χ0) is 32.0. The summed E-state index contributed by atoms with van der Waals surface area (Å²) in [6.45, 7) is 10.7. The highest BCUT2D eigenvalue weighted by Crippen LogP contribution is 2.42. The SMILES string of the molecule is CCOc1ccc2nc3c(nc2c1)O[C@H]1CN(C(=O)[C@H](C(C)(C)C)NC(=O)O[C@@H]2C[C@H]2CCCCC3(F)F)[C@H](C(C)=O)[C@@H]1C. The second kappa shape index (κ2) is 12.1. The molecule has 12 heteroatoms. The van der Waals surface area contributed by atoms with Crippen LogP contribution in [0.25, 0.3) is 11.0 Å². The van der Waals surface area contributed by atoms with Gasteiger partial charge in [-0.3, -0.25) is 9.59 Å². The summed E-state index contributed by atoms with van der Waals surface area (Å²) in [6, 6.07) is 2.97. The number of alkyl carbamates (subject to hydrolysis) is 1. The standard InChI is InChI=1S/C32H42F2N4O6/c1-7-42-20-11-12-21-22(15-20)36-28-26(35-21)32(33,34)13-9-8-10-19-14-23(19)44-30(41)37-27(31(4,5)6)29(40)38-16-24(43-28)17(2)25(38)18(3)39/h11-12,15,17,19,23-25,27H,7-10,13-14,16H2,1-6H3,(H,37,41)/t17-,19-,23-,24+,25+,27-/m1/s1. The molecule has 1 aliphatic carbocycles. The van der Waals surface area contributed by atoms with Gasteiger partial charge in [0.1, 0.15) is 24.0 Å². The highest BCUT2D eigenvalue weighted by molar-refractivity contribution is 5.92. The quantitative estimate of drug-likeness (QED) is 0.487. The molecule has 1 aromatic carbocycles. The van der Waals surface area contributed by atoms with E-state index in [1.54, 1.807) is 25.1 Å². The smallest absolute Gasteiger partial charge is 0.408 e. The molecule has 2 bridgehead atoms. The van der Waals surface area contributed by atoms with Gasteiger partial charge in [0.2, 0.25) is 11.8 Å². The van der Waals surface area contributed by atoms with Crippen LogP contribution >= 0.6 is 0 Å². The van der Waals surface area contributed by atoms with Gasteiger partial charge < -0.3 is 24.4 Å². The lowest BCUT2D eigenvalue weighted by Gasteiger charge is -2.35. The molecule has 1 saturated heterocycles. The predicted octanol–water partition coefficient (Wildman–Crippen LogP) is 5.41. The van der Waals surface area contributed by atoms with E-state index < -0.39 is 59.6 Å². The van der Waals surface area contributed by atoms with E-state index in [4.69, 9.17) is 14.2 Å². The number of fused-ring (bicyclic) bond motifs is 5. The lowest BCUT2D eigenvalue weighted by molar-refractivity contribution is -0.141. The van der Waals surface area contributed by atoms with Crippen LogP contribution in [0.4, 0.5) is 13.6 Å². The van der Waals surface area contributed by atoms with Crippen LogP contribution in [-0.2, 0) is 20.2 Å². The predicted molar refractivity (Wildman–Crippen MR) is 158 cm³/mol. The first-order chi connectivity index (χ1) is 20.7. The molecular formula is C32H42F2N4O6. The number of ketones is 1. The minimum atomic E-state index is -3.35. The van der Waals surface area contributed by atoms with Crippen molar-refractivity contribution >= 4 is 28.8 Å². The molecule has 1 aromatic heterocycles. The van der Waals surface area contributed by atoms with Crippen LogP contribution in [0.2, 0.25) is 0 Å². The molecule has 3 aliphatic rings. The van der Waals surface area contributed by atoms with Gasteiger partial charge in [-0.05, 0) is 56.6 Å². The van der Waals surface area contributed by atoms with Gasteiger partial charge in [-0.1, -0.05) is 34.1 Å². The number of aromatic nitrogens is 2. The third-order valence-electron chi connectivity index (χ3n) is 8.83. The highest BCUT2D eigenvalue weighted by Gasteiger charge is 2.50. The Bertz CT molecular complexity index is 1430. The molecule has 3 heterocycles. The van der Waals surface area contributed by atoms with Gasteiger partial charge >= 0.3 is 6.09 Å². The van der Waals surface area contributed by atoms with E-state index in [1.807, 2.05) is 27.7 Å². The number of halogens is 2. The first-order valence-electron chi connectivity index (χ1n) is 15.5. The van der Waals surface area contributed by atoms with Gasteiger partial charge in [-0.25, -0.2) is 14.8 Å². The summed E-state index contributed by atoms with van der Waals surface area (Å²) in [5, 5.41) is 2.75. The number of rotatable bonds is 3. The maximum atomic E-state index is 15.9. The molecule has 6 atom stereocenters. The molecule has 0 radical (unpaired) electrons. The lowest BCUT2D eigenvalue weighted by atomic mass is 9.85. The Balaban J connectivity index is 1.57. The first kappa shape index (κ1) is 31.8. The molecule has 44 heavy (non-hydrogen) atoms. The fourth-order valence-electron chi connectivity index (χ4n) is 6.30. The van der Waals surface area contributed by atoms with Gasteiger partial charge in [0.15, 0.2) is 11.5 Å². The molecule has 10 nitrogen and oxygen atoms in total. The van der Waals surface area contributed by atoms with Crippen LogP contribution < -0.4 is 14.8 Å². The summed E-state index contributed by atoms with van der Waals surface area (Å²) in [4.78, 5) is 50.1. The number of carbonyl (C=O) groups excluding carboxylic acids is 3. The van der Waals surface area contributed by atoms with E-state index in [2.05, 4.69) is 15.3 Å². The second-order valence-electron chi connectivity index (χ2n) is 13.4. The maximum Gasteiger partial charge on any atom is 0.408 e. The molecule has 5 rings (SSSR count). The summed E-state index contributed by atoms with van der Waals surface area (Å²) in [7, 11) is 0. The minimum absolute atomic E-state index is 0.0675. The Morgan fingerprint density at radius 2 is 1.89 bits per heavy atom. The number of nitrogens with zero attached hydrogens (tertiary/aromatic N) is 3. The molecule has 2 aliphatic heterocycles. The first-order valence-corrected chi connectivity index (χ1v) is 15.5. The Hall–Kier alpha value is -3.57. The Labute approximate surface area is 256 Å². The summed E-state index contributed by atoms with van der Waals surface area (Å²) in [6.07, 6.45) is -0.306. The summed E-state index contributed by atoms with van der Waals surface area (Å²) in [5.41, 5.74) is -0.693. The van der Waals surface area contributed by atoms with Crippen molar-refractivity contribution in [2.45, 2.75) is 104 Å². The lowest BCUT2D eigenvalue weighted by Crippen LogP contribution is -2.57. The van der Waals surface area contributed by atoms with Crippen molar-refractivity contribution in [3.8, 4) is 11.6 Å². The molecule has 2 amide bonds. The van der Waals surface area contributed by atoms with Crippen molar-refractivity contribution in [1.82, 2.24) is 20.2 Å². The van der Waals surface area contributed by atoms with Crippen LogP contribution in [0.3, 0.4) is 0 Å². The molecule has 0 unspecified atom stereocenters. The Kier molecular flexibility index (Phi) is 8.74. The van der Waals surface area contributed by atoms with Crippen LogP contribution in [0.1, 0.15) is 79.3 Å². The molecule has 2 fully saturated rings. The van der Waals surface area contributed by atoms with Crippen molar-refractivity contribution in [2.75, 3.05) is 13.2 Å². The molecule has 1 N–H and O–H groups in total. The number of nitrogens with one attached hydrogen (secondary N) is 1. The van der Waals surface area contributed by atoms with Crippen molar-refractivity contribution in [3.05, 3.63) is 23.9 Å². The molecular weight excluding hydrogens is 574 g/mol. The van der Waals surface area contributed by atoms with Crippen molar-refractivity contribution in [1.29, 1.82) is 0 Å². The minimum Gasteiger partial charge on any atom is -0.494 e. The molecule has 2 aromatic rings. The molecule has 240 valence electrons. The monoisotopic (exact) mass is 616 g/mol. The maximum absolute atomic E-state index is 15.9. The Morgan fingerprint density at radius 3 is 2.57 bits per heavy atom. The van der Waals surface area contributed by atoms with Gasteiger partial charge in [-0.15, -0.1) is 0 Å². The van der Waals surface area contributed by atoms with Crippen LogP contribution in [0.15, 0.2) is 18.2 Å². The number of alkyl halides is 2. The summed E-state index contributed by atoms with van der Waals surface area (Å²) in [5.74, 6) is -4.41. The fourth-order valence-corrected chi connectivity index (χ4v) is 6.30. The van der Waals surface area contributed by atoms with E-state index in [1.165, 1.54) is 11.8 Å². The van der Waals surface area contributed by atoms with Gasteiger partial charge in [0, 0.05) is 18.4 Å². The van der Waals surface area contributed by atoms with Gasteiger partial charge in [0.25, 0.3) is 5.92 Å². The van der Waals surface area contributed by atoms with E-state index in [0.29, 0.717) is 37.1 Å². The average Bonchev–Trinajstić information content (AvgIpc) is 3.59. The zero-order valence-electron chi connectivity index (χ0n) is 26.2. The number of ether oxygens (including phenoxy) is 3. The normalized spacial score (nSPS) is 29.3. The van der Waals surface area contributed by atoms with Gasteiger partial charge in [0.05, 0.1) is 30.2 Å². The van der Waals surface area contributed by atoms with E-state index in [9.17, 15) is 14.4 Å². The van der Waals surface area contributed by atoms with Crippen LogP contribution in [0, 0.1) is 17.3 Å². The topological polar surface area (TPSA) is 120 Å². The van der Waals surface area contributed by atoms with Crippen molar-refractivity contribution in [3.63, 3.8) is 0 Å². The third kappa shape index (κ3) is 6.58. The molecule has 0 spiro atoms. The average molecular weight is 617 g/mol. The van der Waals surface area contributed by atoms with E-state index in [0.717, 1.165) is 0 Å². The molecule has 1 saturated carbocycles.